The van der Waals surface area contributed by atoms with Crippen molar-refractivity contribution < 1.29 is 19.0 Å². The van der Waals surface area contributed by atoms with Gasteiger partial charge in [0.15, 0.2) is 0 Å². The zero-order chi connectivity index (χ0) is 11.3. The molecule has 1 aromatic heterocycles. The summed E-state index contributed by atoms with van der Waals surface area (Å²) in [6.45, 7) is 0. The molecule has 0 fully saturated rings. The molecule has 0 atom stereocenters. The van der Waals surface area contributed by atoms with Crippen LogP contribution in [0.15, 0.2) is 12.4 Å². The third kappa shape index (κ3) is 2.59. The smallest absolute Gasteiger partial charge is 0.310 e. The minimum absolute atomic E-state index is 0.103. The van der Waals surface area contributed by atoms with E-state index in [-0.39, 0.29) is 12.4 Å². The van der Waals surface area contributed by atoms with Crippen molar-refractivity contribution >= 4 is 5.97 Å². The fourth-order valence-electron chi connectivity index (χ4n) is 1.19. The zero-order valence-corrected chi connectivity index (χ0v) is 8.94. The number of hydrogen-bond acceptors (Lipinski definition) is 5. The number of hydrogen-bond donors (Lipinski definition) is 0. The van der Waals surface area contributed by atoms with Crippen LogP contribution in [0.1, 0.15) is 5.56 Å². The Bertz CT molecular complexity index is 329. The SMILES string of the molecule is COC(=O)Cc1c(OC)cncc1OC. The number of carbonyl (C=O) groups is 1. The summed E-state index contributed by atoms with van der Waals surface area (Å²) in [6, 6.07) is 0. The molecule has 15 heavy (non-hydrogen) atoms. The molecule has 5 heteroatoms. The average molecular weight is 211 g/mol. The van der Waals surface area contributed by atoms with E-state index in [1.165, 1.54) is 33.7 Å². The molecule has 1 heterocycles. The van der Waals surface area contributed by atoms with Crippen molar-refractivity contribution in [2.75, 3.05) is 21.3 Å². The molecule has 5 nitrogen and oxygen atoms in total. The van der Waals surface area contributed by atoms with Crippen molar-refractivity contribution in [3.8, 4) is 11.5 Å². The van der Waals surface area contributed by atoms with Crippen molar-refractivity contribution in [2.45, 2.75) is 6.42 Å². The molecule has 0 aromatic carbocycles. The van der Waals surface area contributed by atoms with Gasteiger partial charge in [0.2, 0.25) is 0 Å². The number of pyridine rings is 1. The van der Waals surface area contributed by atoms with E-state index in [2.05, 4.69) is 9.72 Å². The number of nitrogens with zero attached hydrogens (tertiary/aromatic N) is 1. The van der Waals surface area contributed by atoms with Crippen molar-refractivity contribution in [3.63, 3.8) is 0 Å². The summed E-state index contributed by atoms with van der Waals surface area (Å²) in [6.07, 6.45) is 3.16. The molecule has 0 saturated carbocycles. The van der Waals surface area contributed by atoms with Crippen LogP contribution < -0.4 is 9.47 Å². The molecule has 0 aliphatic heterocycles. The standard InChI is InChI=1S/C10H13NO4/c1-13-8-5-11-6-9(14-2)7(8)4-10(12)15-3/h5-6H,4H2,1-3H3. The molecule has 0 spiro atoms. The highest BCUT2D eigenvalue weighted by atomic mass is 16.5. The molecule has 0 saturated heterocycles. The molecule has 0 N–H and O–H groups in total. The molecule has 0 unspecified atom stereocenters. The van der Waals surface area contributed by atoms with Crippen LogP contribution >= 0.6 is 0 Å². The lowest BCUT2D eigenvalue weighted by Crippen LogP contribution is -2.07. The molecular formula is C10H13NO4. The van der Waals surface area contributed by atoms with Gasteiger partial charge >= 0.3 is 5.97 Å². The molecule has 82 valence electrons. The predicted molar refractivity (Wildman–Crippen MR) is 53.1 cm³/mol. The lowest BCUT2D eigenvalue weighted by molar-refractivity contribution is -0.139. The first-order valence-electron chi connectivity index (χ1n) is 4.34. The minimum atomic E-state index is -0.349. The van der Waals surface area contributed by atoms with Crippen LogP contribution in [0.4, 0.5) is 0 Å². The van der Waals surface area contributed by atoms with Gasteiger partial charge in [0.25, 0.3) is 0 Å². The normalized spacial score (nSPS) is 9.53. The van der Waals surface area contributed by atoms with Crippen molar-refractivity contribution in [2.24, 2.45) is 0 Å². The first-order valence-corrected chi connectivity index (χ1v) is 4.34. The first kappa shape index (κ1) is 11.3. The van der Waals surface area contributed by atoms with E-state index in [0.29, 0.717) is 17.1 Å². The minimum Gasteiger partial charge on any atom is -0.495 e. The Morgan fingerprint density at radius 1 is 1.20 bits per heavy atom. The third-order valence-electron chi connectivity index (χ3n) is 1.97. The van der Waals surface area contributed by atoms with Gasteiger partial charge in [-0.25, -0.2) is 0 Å². The van der Waals surface area contributed by atoms with Gasteiger partial charge in [0, 0.05) is 0 Å². The summed E-state index contributed by atoms with van der Waals surface area (Å²) in [5.41, 5.74) is 0.641. The van der Waals surface area contributed by atoms with Crippen LogP contribution in [0.25, 0.3) is 0 Å². The van der Waals surface area contributed by atoms with E-state index in [1.807, 2.05) is 0 Å². The highest BCUT2D eigenvalue weighted by Crippen LogP contribution is 2.27. The van der Waals surface area contributed by atoms with Crippen molar-refractivity contribution in [3.05, 3.63) is 18.0 Å². The van der Waals surface area contributed by atoms with Gasteiger partial charge in [-0.3, -0.25) is 9.78 Å². The van der Waals surface area contributed by atoms with E-state index >= 15 is 0 Å². The Balaban J connectivity index is 3.05. The molecule has 1 aromatic rings. The Morgan fingerprint density at radius 2 is 1.73 bits per heavy atom. The summed E-state index contributed by atoms with van der Waals surface area (Å²) in [5, 5.41) is 0. The number of carbonyl (C=O) groups excluding carboxylic acids is 1. The number of esters is 1. The fraction of sp³-hybridized carbons (Fsp3) is 0.400. The summed E-state index contributed by atoms with van der Waals surface area (Å²) in [4.78, 5) is 15.1. The quantitative estimate of drug-likeness (QED) is 0.690. The molecule has 0 bridgehead atoms. The summed E-state index contributed by atoms with van der Waals surface area (Å²) < 4.78 is 14.7. The van der Waals surface area contributed by atoms with Crippen LogP contribution in [-0.4, -0.2) is 32.3 Å². The first-order chi connectivity index (χ1) is 7.22. The second-order valence-corrected chi connectivity index (χ2v) is 2.78. The van der Waals surface area contributed by atoms with Gasteiger partial charge in [0.05, 0.1) is 45.7 Å². The van der Waals surface area contributed by atoms with Crippen LogP contribution in [0.5, 0.6) is 11.5 Å². The van der Waals surface area contributed by atoms with Crippen LogP contribution in [0.2, 0.25) is 0 Å². The molecule has 0 radical (unpaired) electrons. The number of ether oxygens (including phenoxy) is 3. The Morgan fingerprint density at radius 3 is 2.13 bits per heavy atom. The Hall–Kier alpha value is -1.78. The lowest BCUT2D eigenvalue weighted by Gasteiger charge is -2.10. The number of aromatic nitrogens is 1. The average Bonchev–Trinajstić information content (AvgIpc) is 2.29. The number of methoxy groups -OCH3 is 3. The second-order valence-electron chi connectivity index (χ2n) is 2.78. The van der Waals surface area contributed by atoms with Crippen LogP contribution in [0.3, 0.4) is 0 Å². The molecule has 0 amide bonds. The Kier molecular flexibility index (Phi) is 3.91. The van der Waals surface area contributed by atoms with Crippen LogP contribution in [0, 0.1) is 0 Å². The highest BCUT2D eigenvalue weighted by molar-refractivity contribution is 5.74. The lowest BCUT2D eigenvalue weighted by atomic mass is 10.1. The topological polar surface area (TPSA) is 57.7 Å². The van der Waals surface area contributed by atoms with Gasteiger partial charge in [-0.1, -0.05) is 0 Å². The van der Waals surface area contributed by atoms with Gasteiger partial charge in [-0.05, 0) is 0 Å². The van der Waals surface area contributed by atoms with E-state index in [9.17, 15) is 4.79 Å². The molecule has 0 aliphatic rings. The maximum Gasteiger partial charge on any atom is 0.310 e. The van der Waals surface area contributed by atoms with Gasteiger partial charge in [0.1, 0.15) is 11.5 Å². The molecule has 0 aliphatic carbocycles. The van der Waals surface area contributed by atoms with E-state index in [4.69, 9.17) is 9.47 Å². The maximum absolute atomic E-state index is 11.2. The molecule has 1 rings (SSSR count). The molecular weight excluding hydrogens is 198 g/mol. The summed E-state index contributed by atoms with van der Waals surface area (Å²) in [7, 11) is 4.36. The fourth-order valence-corrected chi connectivity index (χ4v) is 1.19. The van der Waals surface area contributed by atoms with E-state index in [1.54, 1.807) is 0 Å². The van der Waals surface area contributed by atoms with Gasteiger partial charge in [-0.2, -0.15) is 0 Å². The second kappa shape index (κ2) is 5.19. The van der Waals surface area contributed by atoms with Crippen LogP contribution in [-0.2, 0) is 16.0 Å². The number of rotatable bonds is 4. The van der Waals surface area contributed by atoms with Crippen molar-refractivity contribution in [1.29, 1.82) is 0 Å². The predicted octanol–water partition coefficient (Wildman–Crippen LogP) is 0.814. The third-order valence-corrected chi connectivity index (χ3v) is 1.97. The largest absolute Gasteiger partial charge is 0.495 e. The monoisotopic (exact) mass is 211 g/mol. The highest BCUT2D eigenvalue weighted by Gasteiger charge is 2.14. The Labute approximate surface area is 88.0 Å². The van der Waals surface area contributed by atoms with E-state index in [0.717, 1.165) is 0 Å². The van der Waals surface area contributed by atoms with Crippen molar-refractivity contribution in [1.82, 2.24) is 4.98 Å². The van der Waals surface area contributed by atoms with E-state index < -0.39 is 0 Å². The van der Waals surface area contributed by atoms with Gasteiger partial charge in [-0.15, -0.1) is 0 Å². The summed E-state index contributed by atoms with van der Waals surface area (Å²) in [5.74, 6) is 0.678. The maximum atomic E-state index is 11.2. The zero-order valence-electron chi connectivity index (χ0n) is 8.94. The van der Waals surface area contributed by atoms with Gasteiger partial charge < -0.3 is 14.2 Å². The summed E-state index contributed by atoms with van der Waals surface area (Å²) >= 11 is 0.